The molecule has 2 heterocycles. The lowest BCUT2D eigenvalue weighted by Gasteiger charge is -2.37. The van der Waals surface area contributed by atoms with Crippen molar-refractivity contribution in [3.63, 3.8) is 0 Å². The maximum atomic E-state index is 12.5. The highest BCUT2D eigenvalue weighted by Gasteiger charge is 2.30. The van der Waals surface area contributed by atoms with E-state index < -0.39 is 0 Å². The molecule has 2 rings (SSSR count). The molecule has 20 heavy (non-hydrogen) atoms. The fraction of sp³-hybridized carbons (Fsp3) is 0.583. The summed E-state index contributed by atoms with van der Waals surface area (Å²) < 4.78 is 5.42. The number of aliphatic hydroxyl groups is 1. The standard InChI is InChI=1S/C12H19N5O3/c1-7-3-10(15-12(14-7)16-13)11(19)17-4-9(5-18)20-6-8(17)2/h3,8-9,18H,4-6,13H2,1-2H3,(H,14,15,16). The molecular weight excluding hydrogens is 262 g/mol. The van der Waals surface area contributed by atoms with Crippen LogP contribution in [0.15, 0.2) is 6.07 Å². The summed E-state index contributed by atoms with van der Waals surface area (Å²) in [5.74, 6) is 5.26. The monoisotopic (exact) mass is 281 g/mol. The van der Waals surface area contributed by atoms with Gasteiger partial charge in [-0.2, -0.15) is 0 Å². The van der Waals surface area contributed by atoms with Gasteiger partial charge in [-0.15, -0.1) is 0 Å². The molecule has 2 unspecified atom stereocenters. The number of aliphatic hydroxyl groups excluding tert-OH is 1. The zero-order chi connectivity index (χ0) is 14.7. The number of morpholine rings is 1. The smallest absolute Gasteiger partial charge is 0.273 e. The zero-order valence-corrected chi connectivity index (χ0v) is 11.5. The van der Waals surface area contributed by atoms with Crippen LogP contribution >= 0.6 is 0 Å². The molecule has 0 spiro atoms. The topological polar surface area (TPSA) is 114 Å². The Morgan fingerprint density at radius 1 is 1.65 bits per heavy atom. The molecule has 2 atom stereocenters. The minimum atomic E-state index is -0.356. The molecule has 0 bridgehead atoms. The summed E-state index contributed by atoms with van der Waals surface area (Å²) in [6.07, 6.45) is -0.356. The molecule has 4 N–H and O–H groups in total. The van der Waals surface area contributed by atoms with E-state index in [9.17, 15) is 4.79 Å². The maximum absolute atomic E-state index is 12.5. The number of aryl methyl sites for hydroxylation is 1. The number of hydrogen-bond donors (Lipinski definition) is 3. The number of carbonyl (C=O) groups excluding carboxylic acids is 1. The number of ether oxygens (including phenoxy) is 1. The second-order valence-corrected chi connectivity index (χ2v) is 4.81. The van der Waals surface area contributed by atoms with Crippen molar-refractivity contribution in [1.29, 1.82) is 0 Å². The first kappa shape index (κ1) is 14.6. The molecule has 1 aromatic rings. The van der Waals surface area contributed by atoms with Gasteiger partial charge in [0, 0.05) is 12.2 Å². The van der Waals surface area contributed by atoms with Crippen molar-refractivity contribution in [2.75, 3.05) is 25.2 Å². The van der Waals surface area contributed by atoms with Gasteiger partial charge in [0.25, 0.3) is 5.91 Å². The zero-order valence-electron chi connectivity index (χ0n) is 11.5. The summed E-state index contributed by atoms with van der Waals surface area (Å²) in [6, 6.07) is 1.54. The third-order valence-corrected chi connectivity index (χ3v) is 3.17. The summed E-state index contributed by atoms with van der Waals surface area (Å²) in [6.45, 7) is 4.27. The van der Waals surface area contributed by atoms with Crippen molar-refractivity contribution in [3.8, 4) is 0 Å². The van der Waals surface area contributed by atoms with E-state index in [1.165, 1.54) is 0 Å². The van der Waals surface area contributed by atoms with E-state index in [1.54, 1.807) is 17.9 Å². The minimum absolute atomic E-state index is 0.0742. The number of hydrogen-bond acceptors (Lipinski definition) is 7. The highest BCUT2D eigenvalue weighted by molar-refractivity contribution is 5.93. The molecule has 8 nitrogen and oxygen atoms in total. The molecule has 0 aromatic carbocycles. The average Bonchev–Trinajstić information content (AvgIpc) is 2.46. The van der Waals surface area contributed by atoms with Crippen LogP contribution in [0.5, 0.6) is 0 Å². The predicted octanol–water partition coefficient (Wildman–Crippen LogP) is -0.708. The average molecular weight is 281 g/mol. The van der Waals surface area contributed by atoms with Gasteiger partial charge in [0.2, 0.25) is 5.95 Å². The van der Waals surface area contributed by atoms with Gasteiger partial charge in [0.05, 0.1) is 25.4 Å². The summed E-state index contributed by atoms with van der Waals surface area (Å²) >= 11 is 0. The lowest BCUT2D eigenvalue weighted by molar-refractivity contribution is -0.0668. The number of carbonyl (C=O) groups is 1. The lowest BCUT2D eigenvalue weighted by Crippen LogP contribution is -2.52. The fourth-order valence-corrected chi connectivity index (χ4v) is 2.10. The van der Waals surface area contributed by atoms with Crippen LogP contribution in [0.3, 0.4) is 0 Å². The van der Waals surface area contributed by atoms with Gasteiger partial charge in [-0.25, -0.2) is 15.8 Å². The van der Waals surface area contributed by atoms with Crippen molar-refractivity contribution in [3.05, 3.63) is 17.5 Å². The van der Waals surface area contributed by atoms with Crippen LogP contribution in [0.25, 0.3) is 0 Å². The number of nitrogens with zero attached hydrogens (tertiary/aromatic N) is 3. The molecule has 0 radical (unpaired) electrons. The van der Waals surface area contributed by atoms with E-state index in [4.69, 9.17) is 15.7 Å². The van der Waals surface area contributed by atoms with Gasteiger partial charge in [0.1, 0.15) is 5.69 Å². The molecule has 0 saturated carbocycles. The van der Waals surface area contributed by atoms with Crippen LogP contribution in [0, 0.1) is 6.92 Å². The van der Waals surface area contributed by atoms with Crippen molar-refractivity contribution < 1.29 is 14.6 Å². The van der Waals surface area contributed by atoms with E-state index in [0.717, 1.165) is 0 Å². The number of nitrogen functional groups attached to an aromatic ring is 1. The van der Waals surface area contributed by atoms with Crippen molar-refractivity contribution in [2.45, 2.75) is 26.0 Å². The molecule has 1 fully saturated rings. The van der Waals surface area contributed by atoms with Crippen LogP contribution in [0.1, 0.15) is 23.1 Å². The van der Waals surface area contributed by atoms with Crippen LogP contribution in [-0.4, -0.2) is 57.8 Å². The van der Waals surface area contributed by atoms with Crippen LogP contribution in [-0.2, 0) is 4.74 Å². The van der Waals surface area contributed by atoms with Crippen LogP contribution in [0.4, 0.5) is 5.95 Å². The largest absolute Gasteiger partial charge is 0.394 e. The molecule has 1 saturated heterocycles. The number of rotatable bonds is 3. The summed E-state index contributed by atoms with van der Waals surface area (Å²) in [7, 11) is 0. The van der Waals surface area contributed by atoms with E-state index in [1.807, 2.05) is 6.92 Å². The highest BCUT2D eigenvalue weighted by atomic mass is 16.5. The second-order valence-electron chi connectivity index (χ2n) is 4.81. The number of aromatic nitrogens is 2. The Kier molecular flexibility index (Phi) is 4.48. The summed E-state index contributed by atoms with van der Waals surface area (Å²) in [5.41, 5.74) is 3.26. The highest BCUT2D eigenvalue weighted by Crippen LogP contribution is 2.15. The van der Waals surface area contributed by atoms with Crippen molar-refractivity contribution in [1.82, 2.24) is 14.9 Å². The molecule has 0 aliphatic carbocycles. The van der Waals surface area contributed by atoms with E-state index in [-0.39, 0.29) is 36.3 Å². The molecule has 110 valence electrons. The predicted molar refractivity (Wildman–Crippen MR) is 71.9 cm³/mol. The number of anilines is 1. The Bertz CT molecular complexity index is 496. The van der Waals surface area contributed by atoms with Gasteiger partial charge in [-0.3, -0.25) is 10.2 Å². The van der Waals surface area contributed by atoms with E-state index in [2.05, 4.69) is 15.4 Å². The fourth-order valence-electron chi connectivity index (χ4n) is 2.10. The van der Waals surface area contributed by atoms with Crippen LogP contribution < -0.4 is 11.3 Å². The normalized spacial score (nSPS) is 22.7. The van der Waals surface area contributed by atoms with E-state index in [0.29, 0.717) is 18.8 Å². The third-order valence-electron chi connectivity index (χ3n) is 3.17. The number of nitrogens with two attached hydrogens (primary N) is 1. The Morgan fingerprint density at radius 3 is 3.05 bits per heavy atom. The molecule has 1 aromatic heterocycles. The minimum Gasteiger partial charge on any atom is -0.394 e. The maximum Gasteiger partial charge on any atom is 0.273 e. The summed E-state index contributed by atoms with van der Waals surface area (Å²) in [4.78, 5) is 22.3. The summed E-state index contributed by atoms with van der Waals surface area (Å²) in [5, 5.41) is 9.16. The van der Waals surface area contributed by atoms with Crippen molar-refractivity contribution in [2.24, 2.45) is 5.84 Å². The molecule has 1 amide bonds. The Balaban J connectivity index is 2.23. The Labute approximate surface area is 116 Å². The van der Waals surface area contributed by atoms with E-state index >= 15 is 0 Å². The van der Waals surface area contributed by atoms with Gasteiger partial charge in [-0.05, 0) is 19.9 Å². The SMILES string of the molecule is Cc1cc(C(=O)N2CC(CO)OCC2C)nc(NN)n1. The second kappa shape index (κ2) is 6.12. The molecule has 8 heteroatoms. The Hall–Kier alpha value is -1.77. The molecule has 1 aliphatic heterocycles. The first-order valence-electron chi connectivity index (χ1n) is 6.41. The molecule has 1 aliphatic rings. The lowest BCUT2D eigenvalue weighted by atomic mass is 10.1. The van der Waals surface area contributed by atoms with Gasteiger partial charge in [0.15, 0.2) is 0 Å². The first-order valence-corrected chi connectivity index (χ1v) is 6.41. The number of amides is 1. The third kappa shape index (κ3) is 3.03. The van der Waals surface area contributed by atoms with Crippen molar-refractivity contribution >= 4 is 11.9 Å². The number of nitrogens with one attached hydrogen (secondary N) is 1. The van der Waals surface area contributed by atoms with Gasteiger partial charge in [-0.1, -0.05) is 0 Å². The van der Waals surface area contributed by atoms with Gasteiger partial charge >= 0.3 is 0 Å². The molecular formula is C12H19N5O3. The van der Waals surface area contributed by atoms with Crippen LogP contribution in [0.2, 0.25) is 0 Å². The van der Waals surface area contributed by atoms with Gasteiger partial charge < -0.3 is 14.7 Å². The quantitative estimate of drug-likeness (QED) is 0.495. The number of hydrazine groups is 1. The Morgan fingerprint density at radius 2 is 2.40 bits per heavy atom. The first-order chi connectivity index (χ1) is 9.55.